The minimum atomic E-state index is -4.52. The molecular formula is C27H38F3NO9S. The highest BCUT2D eigenvalue weighted by atomic mass is 32.2. The number of fused-ring (bicyclic) bond motifs is 2. The van der Waals surface area contributed by atoms with Crippen LogP contribution in [0.3, 0.4) is 0 Å². The van der Waals surface area contributed by atoms with Gasteiger partial charge in [-0.1, -0.05) is 0 Å². The van der Waals surface area contributed by atoms with Crippen LogP contribution in [-0.4, -0.2) is 87.1 Å². The van der Waals surface area contributed by atoms with Crippen molar-refractivity contribution in [1.29, 1.82) is 0 Å². The molecule has 2 atom stereocenters. The zero-order valence-corrected chi connectivity index (χ0v) is 24.0. The summed E-state index contributed by atoms with van der Waals surface area (Å²) in [5, 5.41) is 0. The van der Waals surface area contributed by atoms with E-state index in [1.54, 1.807) is 0 Å². The van der Waals surface area contributed by atoms with E-state index in [2.05, 4.69) is 4.90 Å². The van der Waals surface area contributed by atoms with Crippen LogP contribution in [0.4, 0.5) is 13.2 Å². The van der Waals surface area contributed by atoms with E-state index in [-0.39, 0.29) is 42.1 Å². The van der Waals surface area contributed by atoms with Crippen molar-refractivity contribution in [2.24, 2.45) is 5.92 Å². The second-order valence-corrected chi connectivity index (χ2v) is 11.7. The molecule has 10 nitrogen and oxygen atoms in total. The smallest absolute Gasteiger partial charge is 0.416 e. The summed E-state index contributed by atoms with van der Waals surface area (Å²) in [6.45, 7) is 6.29. The lowest BCUT2D eigenvalue weighted by molar-refractivity contribution is -0.161. The Kier molecular flexibility index (Phi) is 12.0. The molecule has 0 spiro atoms. The van der Waals surface area contributed by atoms with Crippen LogP contribution < -0.4 is 0 Å². The largest absolute Gasteiger partial charge is 0.466 e. The van der Waals surface area contributed by atoms with Crippen molar-refractivity contribution < 1.29 is 54.7 Å². The Hall–Kier alpha value is -2.26. The third kappa shape index (κ3) is 9.91. The van der Waals surface area contributed by atoms with Gasteiger partial charge in [0.25, 0.3) is 10.1 Å². The first kappa shape index (κ1) is 33.2. The number of esters is 2. The maximum absolute atomic E-state index is 12.3. The van der Waals surface area contributed by atoms with Gasteiger partial charge in [-0.3, -0.25) is 19.0 Å². The molecule has 0 aliphatic carbocycles. The zero-order chi connectivity index (χ0) is 30.2. The highest BCUT2D eigenvalue weighted by molar-refractivity contribution is 7.85. The average molecular weight is 610 g/mol. The summed E-state index contributed by atoms with van der Waals surface area (Å²) in [7, 11) is -4.43. The van der Waals surface area contributed by atoms with Crippen molar-refractivity contribution >= 4 is 22.1 Å². The monoisotopic (exact) mass is 609 g/mol. The number of rotatable bonds is 8. The van der Waals surface area contributed by atoms with Crippen LogP contribution in [0.15, 0.2) is 29.2 Å². The van der Waals surface area contributed by atoms with Crippen LogP contribution in [0.1, 0.15) is 57.9 Å². The van der Waals surface area contributed by atoms with E-state index in [1.807, 2.05) is 13.8 Å². The topological polar surface area (TPSA) is 129 Å². The molecule has 0 radical (unpaired) electrons. The summed E-state index contributed by atoms with van der Waals surface area (Å²) in [4.78, 5) is 26.0. The second-order valence-electron chi connectivity index (χ2n) is 10.2. The summed E-state index contributed by atoms with van der Waals surface area (Å²) < 4.78 is 87.6. The number of carbonyl (C=O) groups excluding carboxylic acids is 2. The number of ether oxygens (including phenoxy) is 4. The Labute approximate surface area is 238 Å². The fraction of sp³-hybridized carbons (Fsp3) is 0.704. The summed E-state index contributed by atoms with van der Waals surface area (Å²) in [6.07, 6.45) is 0.981. The number of carbonyl (C=O) groups is 2. The lowest BCUT2D eigenvalue weighted by Crippen LogP contribution is -2.58. The number of hydrogen-bond donors (Lipinski definition) is 1. The number of halogens is 3. The summed E-state index contributed by atoms with van der Waals surface area (Å²) in [5.41, 5.74) is -0.968. The molecule has 1 N–H and O–H groups in total. The molecule has 3 heterocycles. The van der Waals surface area contributed by atoms with Crippen molar-refractivity contribution in [3.8, 4) is 0 Å². The molecule has 1 aromatic carbocycles. The van der Waals surface area contributed by atoms with E-state index >= 15 is 0 Å². The maximum Gasteiger partial charge on any atom is 0.416 e. The fourth-order valence-corrected chi connectivity index (χ4v) is 6.05. The normalized spacial score (nSPS) is 25.5. The molecule has 4 rings (SSSR count). The van der Waals surface area contributed by atoms with Crippen molar-refractivity contribution in [2.75, 3.05) is 33.0 Å². The Morgan fingerprint density at radius 2 is 1.51 bits per heavy atom. The molecule has 14 heteroatoms. The molecule has 232 valence electrons. The van der Waals surface area contributed by atoms with Gasteiger partial charge in [-0.25, -0.2) is 0 Å². The van der Waals surface area contributed by atoms with Crippen LogP contribution in [0, 0.1) is 5.92 Å². The van der Waals surface area contributed by atoms with Crippen molar-refractivity contribution in [1.82, 2.24) is 4.90 Å². The van der Waals surface area contributed by atoms with Gasteiger partial charge in [0, 0.05) is 25.3 Å². The average Bonchev–Trinajstić information content (AvgIpc) is 2.89. The molecule has 3 aliphatic heterocycles. The number of hydrogen-bond acceptors (Lipinski definition) is 9. The lowest BCUT2D eigenvalue weighted by atomic mass is 9.77. The van der Waals surface area contributed by atoms with Crippen LogP contribution in [0.5, 0.6) is 0 Å². The SMILES string of the molecule is CCOC(=O)CN1C2CC(OC3CCOCC3)CC1CC(C(=O)OCC)C2.O=S(=O)(O)c1ccc(C(F)(F)F)cc1. The van der Waals surface area contributed by atoms with E-state index in [0.717, 1.165) is 51.7 Å². The minimum Gasteiger partial charge on any atom is -0.466 e. The van der Waals surface area contributed by atoms with Gasteiger partial charge in [-0.2, -0.15) is 21.6 Å². The molecular weight excluding hydrogens is 571 g/mol. The number of nitrogens with zero attached hydrogens (tertiary/aromatic N) is 1. The van der Waals surface area contributed by atoms with Gasteiger partial charge >= 0.3 is 18.1 Å². The van der Waals surface area contributed by atoms with Crippen LogP contribution in [-0.2, 0) is 44.8 Å². The van der Waals surface area contributed by atoms with E-state index < -0.39 is 26.8 Å². The van der Waals surface area contributed by atoms with Gasteiger partial charge in [-0.15, -0.1) is 0 Å². The molecule has 3 saturated heterocycles. The molecule has 1 aromatic rings. The van der Waals surface area contributed by atoms with Gasteiger partial charge in [-0.05, 0) is 76.6 Å². The predicted octanol–water partition coefficient (Wildman–Crippen LogP) is 3.87. The van der Waals surface area contributed by atoms with E-state index in [4.69, 9.17) is 23.5 Å². The number of benzene rings is 1. The standard InChI is InChI=1S/C20H33NO6.C7H5F3O3S/c1-3-25-19(22)13-21-15-9-14(20(23)26-4-2)10-16(21)12-18(11-15)27-17-5-7-24-8-6-17;8-7(9,10)5-1-3-6(4-2-5)14(11,12)13/h14-18H,3-13H2,1-2H3;1-4H,(H,11,12,13). The first-order valence-corrected chi connectivity index (χ1v) is 15.2. The molecule has 3 fully saturated rings. The maximum atomic E-state index is 12.3. The molecule has 2 unspecified atom stereocenters. The zero-order valence-electron chi connectivity index (χ0n) is 23.2. The van der Waals surface area contributed by atoms with Crippen molar-refractivity contribution in [2.45, 2.75) is 87.7 Å². The van der Waals surface area contributed by atoms with Gasteiger partial charge < -0.3 is 18.9 Å². The highest BCUT2D eigenvalue weighted by Gasteiger charge is 2.45. The van der Waals surface area contributed by atoms with E-state index in [9.17, 15) is 31.2 Å². The van der Waals surface area contributed by atoms with E-state index in [0.29, 0.717) is 44.0 Å². The number of alkyl halides is 3. The summed E-state index contributed by atoms with van der Waals surface area (Å²) in [6, 6.07) is 2.87. The third-order valence-electron chi connectivity index (χ3n) is 7.39. The predicted molar refractivity (Wildman–Crippen MR) is 139 cm³/mol. The van der Waals surface area contributed by atoms with Crippen LogP contribution in [0.25, 0.3) is 0 Å². The Morgan fingerprint density at radius 3 is 2.00 bits per heavy atom. The van der Waals surface area contributed by atoms with E-state index in [1.165, 1.54) is 0 Å². The van der Waals surface area contributed by atoms with Gasteiger partial charge in [0.1, 0.15) is 0 Å². The molecule has 0 saturated carbocycles. The summed E-state index contributed by atoms with van der Waals surface area (Å²) >= 11 is 0. The summed E-state index contributed by atoms with van der Waals surface area (Å²) in [5.74, 6) is -0.375. The lowest BCUT2D eigenvalue weighted by Gasteiger charge is -2.50. The Bertz CT molecular complexity index is 1090. The van der Waals surface area contributed by atoms with Crippen LogP contribution in [0.2, 0.25) is 0 Å². The first-order chi connectivity index (χ1) is 19.3. The highest BCUT2D eigenvalue weighted by Crippen LogP contribution is 2.39. The first-order valence-electron chi connectivity index (χ1n) is 13.8. The van der Waals surface area contributed by atoms with Crippen molar-refractivity contribution in [3.63, 3.8) is 0 Å². The van der Waals surface area contributed by atoms with Gasteiger partial charge in [0.2, 0.25) is 0 Å². The van der Waals surface area contributed by atoms with Crippen molar-refractivity contribution in [3.05, 3.63) is 29.8 Å². The third-order valence-corrected chi connectivity index (χ3v) is 8.26. The molecule has 0 aromatic heterocycles. The Balaban J connectivity index is 0.000000278. The fourth-order valence-electron chi connectivity index (χ4n) is 5.57. The van der Waals surface area contributed by atoms with Gasteiger partial charge in [0.05, 0.1) is 48.3 Å². The second kappa shape index (κ2) is 14.8. The molecule has 2 bridgehead atoms. The Morgan fingerprint density at radius 1 is 0.951 bits per heavy atom. The minimum absolute atomic E-state index is 0.0811. The van der Waals surface area contributed by atoms with Crippen LogP contribution >= 0.6 is 0 Å². The molecule has 0 amide bonds. The van der Waals surface area contributed by atoms with Gasteiger partial charge in [0.15, 0.2) is 0 Å². The molecule has 41 heavy (non-hydrogen) atoms. The molecule has 3 aliphatic rings. The number of piperidine rings is 2. The quantitative estimate of drug-likeness (QED) is 0.343.